The first-order valence-electron chi connectivity index (χ1n) is 8.37. The fourth-order valence-electron chi connectivity index (χ4n) is 3.20. The quantitative estimate of drug-likeness (QED) is 0.239. The van der Waals surface area contributed by atoms with Crippen molar-refractivity contribution in [3.05, 3.63) is 0 Å². The van der Waals surface area contributed by atoms with Gasteiger partial charge in [-0.3, -0.25) is 4.79 Å². The minimum Gasteiger partial charge on any atom is -0.479 e. The second kappa shape index (κ2) is 8.75. The van der Waals surface area contributed by atoms with Crippen LogP contribution in [-0.2, 0) is 23.8 Å². The Kier molecular flexibility index (Phi) is 7.10. The van der Waals surface area contributed by atoms with Crippen LogP contribution < -0.4 is 5.32 Å². The second-order valence-electron chi connectivity index (χ2n) is 6.61. The largest absolute Gasteiger partial charge is 0.479 e. The van der Waals surface area contributed by atoms with E-state index in [1.54, 1.807) is 6.92 Å². The number of carboxylic acid groups (broad SMARTS) is 1. The molecule has 0 radical (unpaired) electrons. The van der Waals surface area contributed by atoms with Crippen LogP contribution in [-0.4, -0.2) is 110 Å². The average molecular weight is 395 g/mol. The van der Waals surface area contributed by atoms with Crippen molar-refractivity contribution in [2.24, 2.45) is 0 Å². The molecule has 2 aliphatic rings. The molecule has 2 heterocycles. The van der Waals surface area contributed by atoms with Crippen molar-refractivity contribution in [3.8, 4) is 0 Å². The molecule has 0 bridgehead atoms. The third-order valence-electron chi connectivity index (χ3n) is 4.62. The Balaban J connectivity index is 2.25. The third kappa shape index (κ3) is 4.55. The van der Waals surface area contributed by atoms with Crippen LogP contribution in [0.1, 0.15) is 13.8 Å². The Morgan fingerprint density at radius 1 is 1.04 bits per heavy atom. The minimum absolute atomic E-state index is 0.470. The van der Waals surface area contributed by atoms with E-state index in [9.17, 15) is 35.1 Å². The summed E-state index contributed by atoms with van der Waals surface area (Å²) in [4.78, 5) is 22.7. The monoisotopic (exact) mass is 395 g/mol. The molecule has 0 saturated carbocycles. The van der Waals surface area contributed by atoms with Gasteiger partial charge in [-0.2, -0.15) is 0 Å². The van der Waals surface area contributed by atoms with Crippen molar-refractivity contribution < 1.29 is 54.4 Å². The van der Waals surface area contributed by atoms with Crippen molar-refractivity contribution in [3.63, 3.8) is 0 Å². The lowest BCUT2D eigenvalue weighted by molar-refractivity contribution is -0.325. The van der Waals surface area contributed by atoms with Gasteiger partial charge in [0, 0.05) is 6.92 Å². The Bertz CT molecular complexity index is 546. The van der Waals surface area contributed by atoms with Crippen molar-refractivity contribution in [2.75, 3.05) is 6.61 Å². The Morgan fingerprint density at radius 3 is 2.19 bits per heavy atom. The Labute approximate surface area is 154 Å². The SMILES string of the molecule is CC(=O)NC1C(OC2OC(C(=O)O)C(O)C(O)C2O)C(O)C(CO)O[C@@H]1C. The molecule has 156 valence electrons. The fraction of sp³-hybridized carbons (Fsp3) is 0.867. The fourth-order valence-corrected chi connectivity index (χ4v) is 3.20. The number of amides is 1. The second-order valence-corrected chi connectivity index (χ2v) is 6.61. The molecule has 27 heavy (non-hydrogen) atoms. The first-order valence-corrected chi connectivity index (χ1v) is 8.37. The van der Waals surface area contributed by atoms with Gasteiger partial charge < -0.3 is 50.2 Å². The number of aliphatic carboxylic acids is 1. The first-order chi connectivity index (χ1) is 12.6. The normalized spacial score (nSPS) is 45.3. The van der Waals surface area contributed by atoms with Gasteiger partial charge in [-0.25, -0.2) is 4.79 Å². The van der Waals surface area contributed by atoms with E-state index in [0.29, 0.717) is 0 Å². The lowest BCUT2D eigenvalue weighted by Crippen LogP contribution is -2.67. The lowest BCUT2D eigenvalue weighted by atomic mass is 9.92. The molecule has 1 amide bonds. The van der Waals surface area contributed by atoms with E-state index in [2.05, 4.69) is 5.32 Å². The van der Waals surface area contributed by atoms with E-state index in [-0.39, 0.29) is 0 Å². The summed E-state index contributed by atoms with van der Waals surface area (Å²) in [6, 6.07) is -0.927. The Morgan fingerprint density at radius 2 is 1.67 bits per heavy atom. The van der Waals surface area contributed by atoms with Crippen molar-refractivity contribution in [1.29, 1.82) is 0 Å². The highest BCUT2D eigenvalue weighted by molar-refractivity contribution is 5.73. The molecule has 0 spiro atoms. The van der Waals surface area contributed by atoms with Gasteiger partial charge in [0.25, 0.3) is 0 Å². The number of carbonyl (C=O) groups excluding carboxylic acids is 1. The maximum absolute atomic E-state index is 11.5. The molecule has 9 unspecified atom stereocenters. The van der Waals surface area contributed by atoms with E-state index < -0.39 is 79.6 Å². The number of aliphatic hydroxyl groups excluding tert-OH is 5. The zero-order valence-corrected chi connectivity index (χ0v) is 14.7. The molecule has 0 aromatic carbocycles. The van der Waals surface area contributed by atoms with Crippen LogP contribution in [0.3, 0.4) is 0 Å². The van der Waals surface area contributed by atoms with Gasteiger partial charge in [-0.1, -0.05) is 0 Å². The summed E-state index contributed by atoms with van der Waals surface area (Å²) in [6.45, 7) is 2.22. The summed E-state index contributed by atoms with van der Waals surface area (Å²) in [5.74, 6) is -2.06. The summed E-state index contributed by atoms with van der Waals surface area (Å²) in [5.41, 5.74) is 0. The van der Waals surface area contributed by atoms with Gasteiger partial charge >= 0.3 is 5.97 Å². The number of carbonyl (C=O) groups is 2. The highest BCUT2D eigenvalue weighted by Gasteiger charge is 2.51. The zero-order valence-electron chi connectivity index (χ0n) is 14.7. The van der Waals surface area contributed by atoms with Crippen LogP contribution in [0.15, 0.2) is 0 Å². The number of rotatable bonds is 5. The topological polar surface area (TPSA) is 195 Å². The van der Waals surface area contributed by atoms with E-state index >= 15 is 0 Å². The molecule has 2 saturated heterocycles. The van der Waals surface area contributed by atoms with Gasteiger partial charge in [0.1, 0.15) is 36.6 Å². The van der Waals surface area contributed by atoms with Crippen molar-refractivity contribution >= 4 is 11.9 Å². The summed E-state index contributed by atoms with van der Waals surface area (Å²) in [7, 11) is 0. The molecule has 2 fully saturated rings. The number of aliphatic hydroxyl groups is 5. The van der Waals surface area contributed by atoms with Crippen LogP contribution in [0, 0.1) is 0 Å². The molecular formula is C15H25NO11. The van der Waals surface area contributed by atoms with Gasteiger partial charge in [-0.15, -0.1) is 0 Å². The predicted octanol–water partition coefficient (Wildman–Crippen LogP) is -4.09. The van der Waals surface area contributed by atoms with Crippen LogP contribution in [0.4, 0.5) is 0 Å². The molecule has 2 aliphatic heterocycles. The van der Waals surface area contributed by atoms with Gasteiger partial charge in [0.15, 0.2) is 12.4 Å². The van der Waals surface area contributed by atoms with E-state index in [0.717, 1.165) is 0 Å². The predicted molar refractivity (Wildman–Crippen MR) is 84.2 cm³/mol. The molecular weight excluding hydrogens is 370 g/mol. The lowest BCUT2D eigenvalue weighted by Gasteiger charge is -2.46. The number of ether oxygens (including phenoxy) is 3. The molecule has 0 aromatic rings. The van der Waals surface area contributed by atoms with E-state index in [1.165, 1.54) is 6.92 Å². The van der Waals surface area contributed by atoms with Gasteiger partial charge in [-0.05, 0) is 6.92 Å². The van der Waals surface area contributed by atoms with Crippen LogP contribution in [0.2, 0.25) is 0 Å². The van der Waals surface area contributed by atoms with Gasteiger partial charge in [0.2, 0.25) is 5.91 Å². The summed E-state index contributed by atoms with van der Waals surface area (Å²) < 4.78 is 16.0. The third-order valence-corrected chi connectivity index (χ3v) is 4.62. The molecule has 12 nitrogen and oxygen atoms in total. The average Bonchev–Trinajstić information content (AvgIpc) is 2.60. The van der Waals surface area contributed by atoms with Crippen molar-refractivity contribution in [2.45, 2.75) is 75.0 Å². The van der Waals surface area contributed by atoms with Crippen LogP contribution in [0.25, 0.3) is 0 Å². The van der Waals surface area contributed by atoms with Crippen LogP contribution in [0.5, 0.6) is 0 Å². The number of nitrogens with one attached hydrogen (secondary N) is 1. The maximum atomic E-state index is 11.5. The van der Waals surface area contributed by atoms with E-state index in [4.69, 9.17) is 19.3 Å². The molecule has 0 aliphatic carbocycles. The summed E-state index contributed by atoms with van der Waals surface area (Å²) in [6.07, 6.45) is -13.7. The maximum Gasteiger partial charge on any atom is 0.335 e. The van der Waals surface area contributed by atoms with Crippen LogP contribution >= 0.6 is 0 Å². The molecule has 12 heteroatoms. The standard InChI is InChI=1S/C15H25NO11/c1-4-7(16-5(2)18)12(8(19)6(3-17)25-4)26-15-11(22)9(20)10(21)13(27-15)14(23)24/h4,6-13,15,17,19-22H,3H2,1-2H3,(H,16,18)(H,23,24)/t4-,6?,7?,8?,9?,10?,11?,12?,13?,15?/m1/s1. The first kappa shape index (κ1) is 21.9. The highest BCUT2D eigenvalue weighted by atomic mass is 16.7. The smallest absolute Gasteiger partial charge is 0.335 e. The Hall–Kier alpha value is -1.38. The zero-order chi connectivity index (χ0) is 20.5. The van der Waals surface area contributed by atoms with Gasteiger partial charge in [0.05, 0.1) is 18.8 Å². The number of hydrogen-bond acceptors (Lipinski definition) is 10. The summed E-state index contributed by atoms with van der Waals surface area (Å²) >= 11 is 0. The van der Waals surface area contributed by atoms with Crippen molar-refractivity contribution in [1.82, 2.24) is 5.32 Å². The molecule has 10 atom stereocenters. The molecule has 2 rings (SSSR count). The molecule has 7 N–H and O–H groups in total. The van der Waals surface area contributed by atoms with E-state index in [1.807, 2.05) is 0 Å². The summed E-state index contributed by atoms with van der Waals surface area (Å²) in [5, 5.41) is 61.0. The minimum atomic E-state index is -1.90. The molecule has 0 aromatic heterocycles. The number of carboxylic acids is 1. The number of hydrogen-bond donors (Lipinski definition) is 7. The highest BCUT2D eigenvalue weighted by Crippen LogP contribution is 2.29.